The number of esters is 1. The molecule has 0 saturated heterocycles. The molecule has 232 valence electrons. The van der Waals surface area contributed by atoms with Gasteiger partial charge in [-0.2, -0.15) is 4.39 Å². The predicted molar refractivity (Wildman–Crippen MR) is 167 cm³/mol. The van der Waals surface area contributed by atoms with E-state index in [9.17, 15) is 9.18 Å². The summed E-state index contributed by atoms with van der Waals surface area (Å²) in [4.78, 5) is 13.8. The van der Waals surface area contributed by atoms with Gasteiger partial charge in [-0.1, -0.05) is 96.4 Å². The Morgan fingerprint density at radius 3 is 2.21 bits per heavy atom. The monoisotopic (exact) mass is 582 g/mol. The molecule has 3 aliphatic rings. The second-order valence-electron chi connectivity index (χ2n) is 12.8. The van der Waals surface area contributed by atoms with E-state index in [0.29, 0.717) is 18.1 Å². The molecule has 0 N–H and O–H groups in total. The van der Waals surface area contributed by atoms with Crippen molar-refractivity contribution in [2.24, 2.45) is 11.3 Å². The maximum atomic E-state index is 15.2. The summed E-state index contributed by atoms with van der Waals surface area (Å²) in [5.74, 6) is -1.13. The van der Waals surface area contributed by atoms with Gasteiger partial charge in [-0.05, 0) is 80.5 Å². The van der Waals surface area contributed by atoms with E-state index < -0.39 is 17.0 Å². The van der Waals surface area contributed by atoms with E-state index in [2.05, 4.69) is 20.8 Å². The second-order valence-corrected chi connectivity index (χ2v) is 12.8. The SMILES string of the molecule is CCCCCCCCOc1ccc(-c2ccc(C3CC4CCC3(C(=O)OC(CCC)CCCC)CC4)cc2)c(F)c1F. The van der Waals surface area contributed by atoms with Crippen molar-refractivity contribution in [1.82, 2.24) is 0 Å². The van der Waals surface area contributed by atoms with Crippen LogP contribution in [0, 0.1) is 23.0 Å². The Kier molecular flexibility index (Phi) is 12.3. The lowest BCUT2D eigenvalue weighted by molar-refractivity contribution is -0.171. The van der Waals surface area contributed by atoms with Gasteiger partial charge < -0.3 is 9.47 Å². The standard InChI is InChI=1S/C37H52F2O3/c1-4-7-9-10-11-12-25-41-33-20-19-31(34(38)35(33)39)28-15-17-29(18-16-28)32-26-27-21-23-37(32,24-22-27)36(40)42-30(13-6-3)14-8-5-2/h15-20,27,30,32H,4-14,21-26H2,1-3H3. The molecule has 3 nitrogen and oxygen atoms in total. The van der Waals surface area contributed by atoms with Crippen LogP contribution in [-0.4, -0.2) is 18.7 Å². The molecular formula is C37H52F2O3. The quantitative estimate of drug-likeness (QED) is 0.137. The average Bonchev–Trinajstić information content (AvgIpc) is 3.02. The molecule has 0 aromatic heterocycles. The van der Waals surface area contributed by atoms with E-state index in [1.165, 1.54) is 25.3 Å². The number of halogens is 2. The highest BCUT2D eigenvalue weighted by molar-refractivity contribution is 5.79. The molecule has 3 fully saturated rings. The van der Waals surface area contributed by atoms with Crippen LogP contribution < -0.4 is 4.74 Å². The minimum absolute atomic E-state index is 0.00452. The maximum absolute atomic E-state index is 15.2. The molecule has 42 heavy (non-hydrogen) atoms. The lowest BCUT2D eigenvalue weighted by Crippen LogP contribution is -2.48. The molecule has 0 heterocycles. The van der Waals surface area contributed by atoms with Crippen LogP contribution in [0.25, 0.3) is 11.1 Å². The van der Waals surface area contributed by atoms with Gasteiger partial charge in [-0.3, -0.25) is 4.79 Å². The third kappa shape index (κ3) is 7.74. The predicted octanol–water partition coefficient (Wildman–Crippen LogP) is 10.9. The number of unbranched alkanes of at least 4 members (excludes halogenated alkanes) is 6. The van der Waals surface area contributed by atoms with Crippen molar-refractivity contribution in [3.8, 4) is 16.9 Å². The number of rotatable bonds is 17. The summed E-state index contributed by atoms with van der Waals surface area (Å²) in [7, 11) is 0. The fraction of sp³-hybridized carbons (Fsp3) is 0.649. The molecule has 2 aromatic rings. The Morgan fingerprint density at radius 2 is 1.52 bits per heavy atom. The van der Waals surface area contributed by atoms with Crippen molar-refractivity contribution in [1.29, 1.82) is 0 Å². The molecule has 5 heteroatoms. The number of hydrogen-bond acceptors (Lipinski definition) is 3. The van der Waals surface area contributed by atoms with Gasteiger partial charge >= 0.3 is 5.97 Å². The average molecular weight is 583 g/mol. The van der Waals surface area contributed by atoms with Crippen molar-refractivity contribution in [3.05, 3.63) is 53.6 Å². The van der Waals surface area contributed by atoms with Crippen molar-refractivity contribution in [2.75, 3.05) is 6.61 Å². The molecule has 0 aliphatic heterocycles. The van der Waals surface area contributed by atoms with Crippen LogP contribution in [0.1, 0.15) is 135 Å². The zero-order valence-corrected chi connectivity index (χ0v) is 26.2. The van der Waals surface area contributed by atoms with E-state index >= 15 is 4.39 Å². The van der Waals surface area contributed by atoms with Gasteiger partial charge in [-0.25, -0.2) is 4.39 Å². The van der Waals surface area contributed by atoms with Crippen molar-refractivity contribution in [2.45, 2.75) is 136 Å². The van der Waals surface area contributed by atoms with Crippen LogP contribution >= 0.6 is 0 Å². The third-order valence-electron chi connectivity index (χ3n) is 9.83. The lowest BCUT2D eigenvalue weighted by atomic mass is 9.53. The number of carbonyl (C=O) groups excluding carboxylic acids is 1. The first-order valence-electron chi connectivity index (χ1n) is 16.9. The Morgan fingerprint density at radius 1 is 0.833 bits per heavy atom. The maximum Gasteiger partial charge on any atom is 0.312 e. The van der Waals surface area contributed by atoms with Gasteiger partial charge in [0, 0.05) is 11.5 Å². The molecule has 2 atom stereocenters. The zero-order valence-electron chi connectivity index (χ0n) is 26.2. The first-order chi connectivity index (χ1) is 20.4. The van der Waals surface area contributed by atoms with Crippen LogP contribution in [-0.2, 0) is 9.53 Å². The fourth-order valence-electron chi connectivity index (χ4n) is 7.25. The van der Waals surface area contributed by atoms with Gasteiger partial charge in [0.15, 0.2) is 11.6 Å². The summed E-state index contributed by atoms with van der Waals surface area (Å²) in [5, 5.41) is 0. The molecule has 0 spiro atoms. The van der Waals surface area contributed by atoms with Gasteiger partial charge in [0.1, 0.15) is 6.10 Å². The van der Waals surface area contributed by atoms with Crippen molar-refractivity contribution in [3.63, 3.8) is 0 Å². The number of ether oxygens (including phenoxy) is 2. The van der Waals surface area contributed by atoms with E-state index in [0.717, 1.165) is 89.0 Å². The molecule has 0 radical (unpaired) electrons. The number of carbonyl (C=O) groups is 1. The Bertz CT molecular complexity index is 1120. The Hall–Kier alpha value is -2.43. The minimum Gasteiger partial charge on any atom is -0.490 e. The number of benzene rings is 2. The summed E-state index contributed by atoms with van der Waals surface area (Å²) in [6.07, 6.45) is 16.5. The van der Waals surface area contributed by atoms with Gasteiger partial charge in [0.05, 0.1) is 12.0 Å². The number of fused-ring (bicyclic) bond motifs is 3. The summed E-state index contributed by atoms with van der Waals surface area (Å²) in [6, 6.07) is 10.9. The molecule has 0 amide bonds. The first kappa shape index (κ1) is 32.5. The van der Waals surface area contributed by atoms with Crippen molar-refractivity contribution >= 4 is 5.97 Å². The Balaban J connectivity index is 1.45. The molecular weight excluding hydrogens is 530 g/mol. The topological polar surface area (TPSA) is 35.5 Å². The smallest absolute Gasteiger partial charge is 0.312 e. The highest BCUT2D eigenvalue weighted by Gasteiger charge is 2.54. The molecule has 2 aromatic carbocycles. The normalized spacial score (nSPS) is 22.2. The Labute approximate surface area is 252 Å². The molecule has 2 unspecified atom stereocenters. The lowest BCUT2D eigenvalue weighted by Gasteiger charge is -2.51. The minimum atomic E-state index is -0.932. The van der Waals surface area contributed by atoms with Gasteiger partial charge in [0.25, 0.3) is 0 Å². The molecule has 3 aliphatic carbocycles. The summed E-state index contributed by atoms with van der Waals surface area (Å²) >= 11 is 0. The van der Waals surface area contributed by atoms with Crippen LogP contribution in [0.5, 0.6) is 5.75 Å². The molecule has 2 bridgehead atoms. The number of hydrogen-bond donors (Lipinski definition) is 0. The first-order valence-corrected chi connectivity index (χ1v) is 16.9. The van der Waals surface area contributed by atoms with Gasteiger partial charge in [0.2, 0.25) is 5.82 Å². The van der Waals surface area contributed by atoms with E-state index in [1.807, 2.05) is 24.3 Å². The van der Waals surface area contributed by atoms with Crippen LogP contribution in [0.2, 0.25) is 0 Å². The van der Waals surface area contributed by atoms with Crippen molar-refractivity contribution < 1.29 is 23.0 Å². The third-order valence-corrected chi connectivity index (χ3v) is 9.83. The fourth-order valence-corrected chi connectivity index (χ4v) is 7.25. The van der Waals surface area contributed by atoms with E-state index in [4.69, 9.17) is 9.47 Å². The molecule has 5 rings (SSSR count). The van der Waals surface area contributed by atoms with E-state index in [1.54, 1.807) is 6.07 Å². The second kappa shape index (κ2) is 15.9. The summed E-state index contributed by atoms with van der Waals surface area (Å²) in [6.45, 7) is 6.89. The van der Waals surface area contributed by atoms with Gasteiger partial charge in [-0.15, -0.1) is 0 Å². The zero-order chi connectivity index (χ0) is 30.0. The van der Waals surface area contributed by atoms with E-state index in [-0.39, 0.29) is 29.3 Å². The summed E-state index contributed by atoms with van der Waals surface area (Å²) in [5.41, 5.74) is 1.46. The van der Waals surface area contributed by atoms with Crippen LogP contribution in [0.3, 0.4) is 0 Å². The highest BCUT2D eigenvalue weighted by Crippen LogP contribution is 2.58. The van der Waals surface area contributed by atoms with Crippen LogP contribution in [0.15, 0.2) is 36.4 Å². The largest absolute Gasteiger partial charge is 0.490 e. The highest BCUT2D eigenvalue weighted by atomic mass is 19.2. The van der Waals surface area contributed by atoms with Crippen LogP contribution in [0.4, 0.5) is 8.78 Å². The summed E-state index contributed by atoms with van der Waals surface area (Å²) < 4.78 is 41.9. The molecule has 3 saturated carbocycles.